The van der Waals surface area contributed by atoms with Gasteiger partial charge in [0.1, 0.15) is 0 Å². The summed E-state index contributed by atoms with van der Waals surface area (Å²) in [5.74, 6) is 0.813. The van der Waals surface area contributed by atoms with Crippen molar-refractivity contribution in [2.75, 3.05) is 0 Å². The average Bonchev–Trinajstić information content (AvgIpc) is 1.90. The van der Waals surface area contributed by atoms with Gasteiger partial charge in [-0.3, -0.25) is 5.41 Å². The van der Waals surface area contributed by atoms with Crippen molar-refractivity contribution in [1.29, 1.82) is 5.41 Å². The maximum absolute atomic E-state index is 7.17. The molecule has 3 nitrogen and oxygen atoms in total. The molecule has 0 aromatic carbocycles. The molecule has 0 heterocycles. The second-order valence-electron chi connectivity index (χ2n) is 2.79. The summed E-state index contributed by atoms with van der Waals surface area (Å²) in [5, 5.41) is 7.17. The molecule has 60 valence electrons. The first-order chi connectivity index (χ1) is 4.30. The van der Waals surface area contributed by atoms with Crippen LogP contribution in [0.1, 0.15) is 32.1 Å². The third kappa shape index (κ3) is 2.35. The molecule has 0 saturated heterocycles. The van der Waals surface area contributed by atoms with E-state index in [1.165, 1.54) is 19.3 Å². The van der Waals surface area contributed by atoms with Crippen LogP contribution in [0.5, 0.6) is 0 Å². The Morgan fingerprint density at radius 3 is 2.00 bits per heavy atom. The zero-order valence-corrected chi connectivity index (χ0v) is 6.19. The Bertz CT molecular complexity index is 108. The van der Waals surface area contributed by atoms with Crippen LogP contribution >= 0.6 is 0 Å². The predicted octanol–water partition coefficient (Wildman–Crippen LogP) is 0.678. The van der Waals surface area contributed by atoms with E-state index >= 15 is 0 Å². The Balaban J connectivity index is 0.000000810. The Labute approximate surface area is 61.4 Å². The monoisotopic (exact) mass is 144 g/mol. The lowest BCUT2D eigenvalue weighted by Gasteiger charge is -2.19. The molecular weight excluding hydrogens is 128 g/mol. The van der Waals surface area contributed by atoms with Gasteiger partial charge < -0.3 is 11.2 Å². The summed E-state index contributed by atoms with van der Waals surface area (Å²) in [6.07, 6.45) is 6.17. The van der Waals surface area contributed by atoms with E-state index in [9.17, 15) is 0 Å². The summed E-state index contributed by atoms with van der Waals surface area (Å²) < 4.78 is 0. The van der Waals surface area contributed by atoms with Gasteiger partial charge in [0, 0.05) is 5.92 Å². The highest BCUT2D eigenvalue weighted by molar-refractivity contribution is 5.79. The number of rotatable bonds is 1. The maximum atomic E-state index is 7.17. The fourth-order valence-electron chi connectivity index (χ4n) is 1.41. The summed E-state index contributed by atoms with van der Waals surface area (Å²) in [4.78, 5) is 0. The Morgan fingerprint density at radius 2 is 1.70 bits per heavy atom. The highest BCUT2D eigenvalue weighted by Crippen LogP contribution is 2.22. The molecule has 0 aromatic heterocycles. The standard InChI is InChI=1S/C7H14N2.H2O/c8-7(9)6-4-2-1-3-5-6;/h6H,1-5H2,(H3,8,9);1H2. The molecule has 0 atom stereocenters. The topological polar surface area (TPSA) is 81.4 Å². The number of amidine groups is 1. The third-order valence-corrected chi connectivity index (χ3v) is 2.04. The molecule has 1 rings (SSSR count). The van der Waals surface area contributed by atoms with Crippen molar-refractivity contribution < 1.29 is 5.48 Å². The van der Waals surface area contributed by atoms with Crippen LogP contribution in [0.2, 0.25) is 0 Å². The first-order valence-electron chi connectivity index (χ1n) is 3.64. The number of hydrogen-bond donors (Lipinski definition) is 2. The maximum Gasteiger partial charge on any atom is 0.0936 e. The van der Waals surface area contributed by atoms with Gasteiger partial charge in [0.25, 0.3) is 0 Å². The zero-order chi connectivity index (χ0) is 6.69. The van der Waals surface area contributed by atoms with Crippen LogP contribution in [0.15, 0.2) is 0 Å². The molecule has 1 fully saturated rings. The highest BCUT2D eigenvalue weighted by atomic mass is 16.0. The SMILES string of the molecule is N=C(N)C1CCCCC1.O. The van der Waals surface area contributed by atoms with Gasteiger partial charge in [-0.1, -0.05) is 19.3 Å². The molecule has 0 amide bonds. The summed E-state index contributed by atoms with van der Waals surface area (Å²) in [6.45, 7) is 0. The molecule has 1 saturated carbocycles. The molecule has 1 aliphatic carbocycles. The molecule has 0 aliphatic heterocycles. The molecular formula is C7H16N2O. The van der Waals surface area contributed by atoms with E-state index in [1.807, 2.05) is 0 Å². The zero-order valence-electron chi connectivity index (χ0n) is 6.19. The molecule has 0 unspecified atom stereocenters. The van der Waals surface area contributed by atoms with E-state index in [2.05, 4.69) is 0 Å². The van der Waals surface area contributed by atoms with Gasteiger partial charge in [-0.2, -0.15) is 0 Å². The van der Waals surface area contributed by atoms with Gasteiger partial charge in [-0.25, -0.2) is 0 Å². The van der Waals surface area contributed by atoms with Crippen molar-refractivity contribution in [3.05, 3.63) is 0 Å². The van der Waals surface area contributed by atoms with Crippen LogP contribution in [0.3, 0.4) is 0 Å². The Hall–Kier alpha value is -0.570. The van der Waals surface area contributed by atoms with Crippen LogP contribution in [0.25, 0.3) is 0 Å². The molecule has 0 bridgehead atoms. The van der Waals surface area contributed by atoms with E-state index < -0.39 is 0 Å². The van der Waals surface area contributed by atoms with Gasteiger partial charge in [0.15, 0.2) is 0 Å². The lowest BCUT2D eigenvalue weighted by atomic mass is 9.89. The van der Waals surface area contributed by atoms with Gasteiger partial charge >= 0.3 is 0 Å². The normalized spacial score (nSPS) is 19.6. The molecule has 1 aliphatic rings. The fourth-order valence-corrected chi connectivity index (χ4v) is 1.41. The Morgan fingerprint density at radius 1 is 1.20 bits per heavy atom. The highest BCUT2D eigenvalue weighted by Gasteiger charge is 2.14. The minimum atomic E-state index is 0. The van der Waals surface area contributed by atoms with Crippen LogP contribution in [-0.2, 0) is 0 Å². The van der Waals surface area contributed by atoms with Gasteiger partial charge in [-0.05, 0) is 12.8 Å². The van der Waals surface area contributed by atoms with Gasteiger partial charge in [0.05, 0.1) is 5.84 Å². The fraction of sp³-hybridized carbons (Fsp3) is 0.857. The second kappa shape index (κ2) is 4.28. The largest absolute Gasteiger partial charge is 0.412 e. The molecule has 10 heavy (non-hydrogen) atoms. The van der Waals surface area contributed by atoms with E-state index in [0.29, 0.717) is 11.8 Å². The second-order valence-corrected chi connectivity index (χ2v) is 2.79. The lowest BCUT2D eigenvalue weighted by molar-refractivity contribution is 0.436. The van der Waals surface area contributed by atoms with Gasteiger partial charge in [0.2, 0.25) is 0 Å². The summed E-state index contributed by atoms with van der Waals surface area (Å²) in [7, 11) is 0. The van der Waals surface area contributed by atoms with Crippen molar-refractivity contribution in [2.45, 2.75) is 32.1 Å². The number of nitrogens with two attached hydrogens (primary N) is 1. The van der Waals surface area contributed by atoms with Crippen molar-refractivity contribution in [2.24, 2.45) is 11.7 Å². The predicted molar refractivity (Wildman–Crippen MR) is 42.1 cm³/mol. The first kappa shape index (κ1) is 9.43. The molecule has 0 spiro atoms. The molecule has 3 heteroatoms. The van der Waals surface area contributed by atoms with E-state index in [4.69, 9.17) is 11.1 Å². The van der Waals surface area contributed by atoms with Crippen molar-refractivity contribution >= 4 is 5.84 Å². The Kier molecular flexibility index (Phi) is 4.03. The van der Waals surface area contributed by atoms with Gasteiger partial charge in [-0.15, -0.1) is 0 Å². The van der Waals surface area contributed by atoms with Crippen molar-refractivity contribution in [3.63, 3.8) is 0 Å². The lowest BCUT2D eigenvalue weighted by Crippen LogP contribution is -2.24. The quantitative estimate of drug-likeness (QED) is 0.411. The van der Waals surface area contributed by atoms with Crippen molar-refractivity contribution in [3.8, 4) is 0 Å². The van der Waals surface area contributed by atoms with Crippen LogP contribution < -0.4 is 5.73 Å². The minimum Gasteiger partial charge on any atom is -0.412 e. The average molecular weight is 144 g/mol. The van der Waals surface area contributed by atoms with E-state index in [-0.39, 0.29) is 5.48 Å². The van der Waals surface area contributed by atoms with Crippen LogP contribution in [0, 0.1) is 11.3 Å². The number of nitrogens with one attached hydrogen (secondary N) is 1. The number of hydrogen-bond acceptors (Lipinski definition) is 1. The smallest absolute Gasteiger partial charge is 0.0936 e. The van der Waals surface area contributed by atoms with Crippen molar-refractivity contribution in [1.82, 2.24) is 0 Å². The molecule has 0 aromatic rings. The van der Waals surface area contributed by atoms with E-state index in [0.717, 1.165) is 12.8 Å². The van der Waals surface area contributed by atoms with Crippen LogP contribution in [-0.4, -0.2) is 11.3 Å². The molecule has 0 radical (unpaired) electrons. The summed E-state index contributed by atoms with van der Waals surface area (Å²) in [6, 6.07) is 0. The van der Waals surface area contributed by atoms with E-state index in [1.54, 1.807) is 0 Å². The third-order valence-electron chi connectivity index (χ3n) is 2.04. The summed E-state index contributed by atoms with van der Waals surface area (Å²) >= 11 is 0. The summed E-state index contributed by atoms with van der Waals surface area (Å²) in [5.41, 5.74) is 5.35. The minimum absolute atomic E-state index is 0. The first-order valence-corrected chi connectivity index (χ1v) is 3.64. The molecule has 5 N–H and O–H groups in total. The van der Waals surface area contributed by atoms with Crippen LogP contribution in [0.4, 0.5) is 0 Å².